The molecule has 0 unspecified atom stereocenters. The standard InChI is InChI=1S/C34H50N2O4S/c1-26(2)31-25-36-24-27(3)33(39-5)28(4)32(36)34(31)41(37,38)30-18-16-29(17-19-30)40-23-15-22-35-20-13-11-9-7-6-8-10-12-14-21-35/h16-19,24-26H,6-15,20-23H2,1-5H3. The summed E-state index contributed by atoms with van der Waals surface area (Å²) >= 11 is 0. The van der Waals surface area contributed by atoms with Crippen LogP contribution in [0.5, 0.6) is 11.5 Å². The molecule has 4 rings (SSSR count). The Hall–Kier alpha value is -2.51. The van der Waals surface area contributed by atoms with Gasteiger partial charge < -0.3 is 18.8 Å². The molecule has 0 atom stereocenters. The number of sulfone groups is 1. The maximum Gasteiger partial charge on any atom is 0.209 e. The van der Waals surface area contributed by atoms with Gasteiger partial charge in [0.25, 0.3) is 0 Å². The highest BCUT2D eigenvalue weighted by atomic mass is 32.2. The van der Waals surface area contributed by atoms with Crippen LogP contribution in [0, 0.1) is 13.8 Å². The van der Waals surface area contributed by atoms with Crippen LogP contribution in [0.2, 0.25) is 0 Å². The summed E-state index contributed by atoms with van der Waals surface area (Å²) in [5.41, 5.74) is 3.28. The van der Waals surface area contributed by atoms with Crippen molar-refractivity contribution in [2.75, 3.05) is 33.4 Å². The number of pyridine rings is 1. The molecule has 0 saturated carbocycles. The van der Waals surface area contributed by atoms with E-state index in [0.717, 1.165) is 35.4 Å². The summed E-state index contributed by atoms with van der Waals surface area (Å²) in [5.74, 6) is 1.47. The molecule has 0 aliphatic carbocycles. The van der Waals surface area contributed by atoms with E-state index >= 15 is 0 Å². The molecule has 0 spiro atoms. The van der Waals surface area contributed by atoms with Gasteiger partial charge in [-0.15, -0.1) is 0 Å². The number of methoxy groups -OCH3 is 1. The highest BCUT2D eigenvalue weighted by Crippen LogP contribution is 2.39. The van der Waals surface area contributed by atoms with Gasteiger partial charge in [-0.1, -0.05) is 58.8 Å². The third-order valence-corrected chi connectivity index (χ3v) is 10.3. The second-order valence-electron chi connectivity index (χ2n) is 12.0. The van der Waals surface area contributed by atoms with E-state index in [0.29, 0.717) is 22.8 Å². The summed E-state index contributed by atoms with van der Waals surface area (Å²) in [6.45, 7) is 12.0. The van der Waals surface area contributed by atoms with Crippen molar-refractivity contribution in [1.82, 2.24) is 9.30 Å². The van der Waals surface area contributed by atoms with Gasteiger partial charge in [-0.3, -0.25) is 0 Å². The summed E-state index contributed by atoms with van der Waals surface area (Å²) in [7, 11) is -2.14. The van der Waals surface area contributed by atoms with Gasteiger partial charge >= 0.3 is 0 Å². The molecule has 1 saturated heterocycles. The zero-order chi connectivity index (χ0) is 29.4. The van der Waals surface area contributed by atoms with Crippen molar-refractivity contribution in [3.05, 3.63) is 53.3 Å². The normalized spacial score (nSPS) is 16.4. The van der Waals surface area contributed by atoms with E-state index in [-0.39, 0.29) is 10.8 Å². The lowest BCUT2D eigenvalue weighted by molar-refractivity contribution is 0.225. The maximum atomic E-state index is 14.1. The SMILES string of the molecule is COc1c(C)cn2cc(C(C)C)c(S(=O)(=O)c3ccc(OCCCN4CCCCCCCCCCC4)cc3)c2c1C. The van der Waals surface area contributed by atoms with E-state index < -0.39 is 9.84 Å². The fourth-order valence-corrected chi connectivity index (χ4v) is 8.07. The van der Waals surface area contributed by atoms with Crippen molar-refractivity contribution < 1.29 is 17.9 Å². The second-order valence-corrected chi connectivity index (χ2v) is 13.9. The Kier molecular flexibility index (Phi) is 11.2. The van der Waals surface area contributed by atoms with Crippen LogP contribution >= 0.6 is 0 Å². The minimum absolute atomic E-state index is 0.0457. The number of aryl methyl sites for hydroxylation is 2. The Morgan fingerprint density at radius 2 is 1.44 bits per heavy atom. The Morgan fingerprint density at radius 1 is 0.854 bits per heavy atom. The number of fused-ring (bicyclic) bond motifs is 1. The average Bonchev–Trinajstić information content (AvgIpc) is 3.34. The fourth-order valence-electron chi connectivity index (χ4n) is 6.23. The largest absolute Gasteiger partial charge is 0.496 e. The topological polar surface area (TPSA) is 60.3 Å². The lowest BCUT2D eigenvalue weighted by atomic mass is 10.1. The average molecular weight is 583 g/mol. The predicted octanol–water partition coefficient (Wildman–Crippen LogP) is 8.12. The van der Waals surface area contributed by atoms with Crippen LogP contribution in [0.3, 0.4) is 0 Å². The smallest absolute Gasteiger partial charge is 0.209 e. The highest BCUT2D eigenvalue weighted by molar-refractivity contribution is 7.91. The van der Waals surface area contributed by atoms with E-state index in [1.54, 1.807) is 31.4 Å². The molecule has 0 N–H and O–H groups in total. The Bertz CT molecular complexity index is 1360. The van der Waals surface area contributed by atoms with Gasteiger partial charge in [0.15, 0.2) is 0 Å². The Labute approximate surface area is 248 Å². The van der Waals surface area contributed by atoms with Crippen LogP contribution in [0.15, 0.2) is 46.5 Å². The minimum Gasteiger partial charge on any atom is -0.496 e. The first-order valence-corrected chi connectivity index (χ1v) is 17.1. The van der Waals surface area contributed by atoms with Crippen molar-refractivity contribution in [2.24, 2.45) is 0 Å². The molecule has 0 radical (unpaired) electrons. The zero-order valence-electron chi connectivity index (χ0n) is 25.9. The molecule has 0 amide bonds. The van der Waals surface area contributed by atoms with Gasteiger partial charge in [0, 0.05) is 30.1 Å². The minimum atomic E-state index is -3.77. The zero-order valence-corrected chi connectivity index (χ0v) is 26.7. The quantitative estimate of drug-likeness (QED) is 0.239. The Balaban J connectivity index is 1.43. The number of rotatable bonds is 9. The van der Waals surface area contributed by atoms with Gasteiger partial charge in [-0.2, -0.15) is 0 Å². The third kappa shape index (κ3) is 7.66. The number of aromatic nitrogens is 1. The van der Waals surface area contributed by atoms with Crippen molar-refractivity contribution >= 4 is 15.4 Å². The molecule has 226 valence electrons. The van der Waals surface area contributed by atoms with Crippen LogP contribution in [0.1, 0.15) is 101 Å². The number of hydrogen-bond acceptors (Lipinski definition) is 5. The molecule has 3 aromatic rings. The first-order chi connectivity index (χ1) is 19.7. The van der Waals surface area contributed by atoms with E-state index in [9.17, 15) is 8.42 Å². The molecule has 2 aromatic heterocycles. The summed E-state index contributed by atoms with van der Waals surface area (Å²) < 4.78 is 41.7. The van der Waals surface area contributed by atoms with Gasteiger partial charge in [0.2, 0.25) is 9.84 Å². The molecule has 1 aliphatic rings. The summed E-state index contributed by atoms with van der Waals surface area (Å²) in [4.78, 5) is 3.24. The first kappa shape index (κ1) is 31.4. The molecule has 6 nitrogen and oxygen atoms in total. The number of benzene rings is 1. The molecular weight excluding hydrogens is 532 g/mol. The molecule has 0 bridgehead atoms. The monoisotopic (exact) mass is 582 g/mol. The molecule has 1 fully saturated rings. The number of nitrogens with zero attached hydrogens (tertiary/aromatic N) is 2. The van der Waals surface area contributed by atoms with Crippen LogP contribution in [-0.4, -0.2) is 51.1 Å². The Morgan fingerprint density at radius 3 is 2.00 bits per heavy atom. The van der Waals surface area contributed by atoms with Gasteiger partial charge in [0.1, 0.15) is 16.4 Å². The van der Waals surface area contributed by atoms with Gasteiger partial charge in [-0.05, 0) is 81.9 Å². The molecule has 1 aromatic carbocycles. The third-order valence-electron chi connectivity index (χ3n) is 8.47. The van der Waals surface area contributed by atoms with Crippen LogP contribution in [-0.2, 0) is 9.84 Å². The second kappa shape index (κ2) is 14.6. The van der Waals surface area contributed by atoms with Crippen molar-refractivity contribution in [3.8, 4) is 11.5 Å². The summed E-state index contributed by atoms with van der Waals surface area (Å²) in [6.07, 6.45) is 17.1. The van der Waals surface area contributed by atoms with Crippen molar-refractivity contribution in [1.29, 1.82) is 0 Å². The van der Waals surface area contributed by atoms with E-state index in [2.05, 4.69) is 4.90 Å². The molecule has 1 aliphatic heterocycles. The highest BCUT2D eigenvalue weighted by Gasteiger charge is 2.29. The number of ether oxygens (including phenoxy) is 2. The van der Waals surface area contributed by atoms with Gasteiger partial charge in [0.05, 0.1) is 24.1 Å². The van der Waals surface area contributed by atoms with Crippen LogP contribution < -0.4 is 9.47 Å². The van der Waals surface area contributed by atoms with E-state index in [4.69, 9.17) is 9.47 Å². The fraction of sp³-hybridized carbons (Fsp3) is 0.588. The van der Waals surface area contributed by atoms with Gasteiger partial charge in [-0.25, -0.2) is 8.42 Å². The lowest BCUT2D eigenvalue weighted by Crippen LogP contribution is -2.28. The van der Waals surface area contributed by atoms with Crippen molar-refractivity contribution in [2.45, 2.75) is 108 Å². The molecule has 3 heterocycles. The first-order valence-electron chi connectivity index (χ1n) is 15.6. The molecule has 7 heteroatoms. The number of hydrogen-bond donors (Lipinski definition) is 0. The van der Waals surface area contributed by atoms with E-state index in [1.165, 1.54) is 70.9 Å². The van der Waals surface area contributed by atoms with Crippen molar-refractivity contribution in [3.63, 3.8) is 0 Å². The van der Waals surface area contributed by atoms with E-state index in [1.807, 2.05) is 44.5 Å². The molecule has 41 heavy (non-hydrogen) atoms. The molecular formula is C34H50N2O4S. The summed E-state index contributed by atoms with van der Waals surface area (Å²) in [5, 5.41) is 0. The lowest BCUT2D eigenvalue weighted by Gasteiger charge is -2.23. The van der Waals surface area contributed by atoms with Crippen LogP contribution in [0.4, 0.5) is 0 Å². The predicted molar refractivity (Wildman–Crippen MR) is 168 cm³/mol. The summed E-state index contributed by atoms with van der Waals surface area (Å²) in [6, 6.07) is 6.92. The maximum absolute atomic E-state index is 14.1. The van der Waals surface area contributed by atoms with Crippen LogP contribution in [0.25, 0.3) is 5.52 Å².